The van der Waals surface area contributed by atoms with Gasteiger partial charge in [-0.25, -0.2) is 0 Å². The van der Waals surface area contributed by atoms with E-state index < -0.39 is 0 Å². The lowest BCUT2D eigenvalue weighted by molar-refractivity contribution is 0.0198. The number of morpholine rings is 1. The molecule has 0 aliphatic carbocycles. The number of anilines is 1. The van der Waals surface area contributed by atoms with Gasteiger partial charge in [0.2, 0.25) is 0 Å². The second-order valence-corrected chi connectivity index (χ2v) is 6.02. The molecular weight excluding hydrogens is 304 g/mol. The van der Waals surface area contributed by atoms with Crippen LogP contribution in [0.3, 0.4) is 0 Å². The Bertz CT molecular complexity index is 672. The van der Waals surface area contributed by atoms with Gasteiger partial charge in [-0.2, -0.15) is 0 Å². The Labute approximate surface area is 142 Å². The van der Waals surface area contributed by atoms with Gasteiger partial charge in [0.15, 0.2) is 5.76 Å². The van der Waals surface area contributed by atoms with Gasteiger partial charge in [-0.3, -0.25) is 9.69 Å². The maximum Gasteiger partial charge on any atom is 0.291 e. The highest BCUT2D eigenvalue weighted by Crippen LogP contribution is 2.23. The van der Waals surface area contributed by atoms with Crippen molar-refractivity contribution in [3.05, 3.63) is 53.5 Å². The molecule has 0 radical (unpaired) electrons. The van der Waals surface area contributed by atoms with Crippen LogP contribution in [0.15, 0.2) is 40.8 Å². The predicted octanol–water partition coefficient (Wildman–Crippen LogP) is 3.49. The van der Waals surface area contributed by atoms with E-state index in [2.05, 4.69) is 29.3 Å². The fourth-order valence-electron chi connectivity index (χ4n) is 2.90. The molecule has 24 heavy (non-hydrogen) atoms. The van der Waals surface area contributed by atoms with E-state index in [1.165, 1.54) is 5.56 Å². The van der Waals surface area contributed by atoms with Crippen LogP contribution >= 0.6 is 0 Å². The zero-order valence-corrected chi connectivity index (χ0v) is 14.2. The zero-order chi connectivity index (χ0) is 16.9. The molecule has 1 N–H and O–H groups in total. The Morgan fingerprint density at radius 1 is 1.17 bits per heavy atom. The number of rotatable bonds is 5. The molecule has 5 nitrogen and oxygen atoms in total. The molecule has 1 amide bonds. The summed E-state index contributed by atoms with van der Waals surface area (Å²) in [6.45, 7) is 7.70. The number of aryl methyl sites for hydroxylation is 1. The number of ether oxygens (including phenoxy) is 1. The van der Waals surface area contributed by atoms with E-state index in [1.807, 2.05) is 25.1 Å². The van der Waals surface area contributed by atoms with Gasteiger partial charge >= 0.3 is 0 Å². The number of hydrogen-bond donors (Lipinski definition) is 1. The Hall–Kier alpha value is -2.11. The number of carbonyl (C=O) groups is 1. The third kappa shape index (κ3) is 3.86. The average molecular weight is 328 g/mol. The topological polar surface area (TPSA) is 54.7 Å². The minimum absolute atomic E-state index is 0.219. The molecule has 1 atom stereocenters. The molecule has 2 heterocycles. The first-order valence-corrected chi connectivity index (χ1v) is 8.49. The average Bonchev–Trinajstić information content (AvgIpc) is 3.12. The van der Waals surface area contributed by atoms with E-state index in [9.17, 15) is 4.79 Å². The highest BCUT2D eigenvalue weighted by atomic mass is 16.5. The maximum absolute atomic E-state index is 12.2. The molecule has 1 aliphatic rings. The van der Waals surface area contributed by atoms with Crippen LogP contribution < -0.4 is 5.32 Å². The van der Waals surface area contributed by atoms with Crippen molar-refractivity contribution in [3.8, 4) is 0 Å². The van der Waals surface area contributed by atoms with Gasteiger partial charge in [-0.05, 0) is 36.8 Å². The first-order valence-electron chi connectivity index (χ1n) is 8.49. The lowest BCUT2D eigenvalue weighted by atomic mass is 10.1. The van der Waals surface area contributed by atoms with E-state index in [1.54, 1.807) is 6.07 Å². The maximum atomic E-state index is 12.2. The summed E-state index contributed by atoms with van der Waals surface area (Å²) in [6.07, 6.45) is 0.779. The van der Waals surface area contributed by atoms with Crippen LogP contribution in [-0.2, 0) is 11.2 Å². The summed E-state index contributed by atoms with van der Waals surface area (Å²) in [6, 6.07) is 11.9. The molecule has 5 heteroatoms. The number of amides is 1. The van der Waals surface area contributed by atoms with Crippen molar-refractivity contribution >= 4 is 11.6 Å². The Morgan fingerprint density at radius 3 is 2.50 bits per heavy atom. The Balaban J connectivity index is 1.62. The third-order valence-corrected chi connectivity index (χ3v) is 4.48. The van der Waals surface area contributed by atoms with Crippen molar-refractivity contribution in [2.24, 2.45) is 0 Å². The second kappa shape index (κ2) is 7.64. The van der Waals surface area contributed by atoms with Crippen molar-refractivity contribution < 1.29 is 13.9 Å². The van der Waals surface area contributed by atoms with Crippen molar-refractivity contribution in [1.29, 1.82) is 0 Å². The second-order valence-electron chi connectivity index (χ2n) is 6.02. The summed E-state index contributed by atoms with van der Waals surface area (Å²) in [4.78, 5) is 14.6. The smallest absolute Gasteiger partial charge is 0.291 e. The Morgan fingerprint density at radius 2 is 1.88 bits per heavy atom. The summed E-state index contributed by atoms with van der Waals surface area (Å²) in [7, 11) is 0. The van der Waals surface area contributed by atoms with Crippen LogP contribution in [0.5, 0.6) is 0 Å². The summed E-state index contributed by atoms with van der Waals surface area (Å²) >= 11 is 0. The van der Waals surface area contributed by atoms with Crippen LogP contribution in [0.25, 0.3) is 0 Å². The molecule has 0 spiro atoms. The lowest BCUT2D eigenvalue weighted by Gasteiger charge is -2.32. The van der Waals surface area contributed by atoms with Gasteiger partial charge in [-0.15, -0.1) is 0 Å². The highest BCUT2D eigenvalue weighted by molar-refractivity contribution is 6.02. The standard InChI is InChI=1S/C19H24N2O3/c1-3-17-8-9-18(24-17)19(22)20-16-6-4-15(5-7-16)14(2)21-10-12-23-13-11-21/h4-9,14H,3,10-13H2,1-2H3,(H,20,22)/t14-/m1/s1. The van der Waals surface area contributed by atoms with Crippen LogP contribution in [0, 0.1) is 0 Å². The van der Waals surface area contributed by atoms with Crippen molar-refractivity contribution in [2.75, 3.05) is 31.6 Å². The number of hydrogen-bond acceptors (Lipinski definition) is 4. The molecule has 1 saturated heterocycles. The van der Waals surface area contributed by atoms with Crippen molar-refractivity contribution in [1.82, 2.24) is 4.90 Å². The molecule has 1 aromatic heterocycles. The molecule has 1 aliphatic heterocycles. The number of carbonyl (C=O) groups excluding carboxylic acids is 1. The van der Waals surface area contributed by atoms with E-state index >= 15 is 0 Å². The molecule has 1 aromatic carbocycles. The molecule has 0 saturated carbocycles. The molecule has 2 aromatic rings. The molecule has 128 valence electrons. The molecule has 3 rings (SSSR count). The number of benzene rings is 1. The minimum atomic E-state index is -0.219. The largest absolute Gasteiger partial charge is 0.456 e. The monoisotopic (exact) mass is 328 g/mol. The molecular formula is C19H24N2O3. The van der Waals surface area contributed by atoms with Crippen LogP contribution in [0.4, 0.5) is 5.69 Å². The van der Waals surface area contributed by atoms with E-state index in [-0.39, 0.29) is 5.91 Å². The minimum Gasteiger partial charge on any atom is -0.456 e. The molecule has 0 unspecified atom stereocenters. The van der Waals surface area contributed by atoms with E-state index in [0.717, 1.165) is 44.2 Å². The van der Waals surface area contributed by atoms with Gasteiger partial charge in [0.05, 0.1) is 13.2 Å². The van der Waals surface area contributed by atoms with Crippen molar-refractivity contribution in [3.63, 3.8) is 0 Å². The van der Waals surface area contributed by atoms with Gasteiger partial charge in [0.25, 0.3) is 5.91 Å². The predicted molar refractivity (Wildman–Crippen MR) is 93.3 cm³/mol. The van der Waals surface area contributed by atoms with Gasteiger partial charge < -0.3 is 14.5 Å². The summed E-state index contributed by atoms with van der Waals surface area (Å²) in [5, 5.41) is 2.88. The number of nitrogens with one attached hydrogen (secondary N) is 1. The quantitative estimate of drug-likeness (QED) is 0.913. The zero-order valence-electron chi connectivity index (χ0n) is 14.2. The highest BCUT2D eigenvalue weighted by Gasteiger charge is 2.18. The Kier molecular flexibility index (Phi) is 5.33. The van der Waals surface area contributed by atoms with Crippen LogP contribution in [0.1, 0.15) is 41.8 Å². The van der Waals surface area contributed by atoms with Crippen LogP contribution in [0.2, 0.25) is 0 Å². The van der Waals surface area contributed by atoms with Gasteiger partial charge in [0, 0.05) is 31.2 Å². The number of furan rings is 1. The van der Waals surface area contributed by atoms with Crippen molar-refractivity contribution in [2.45, 2.75) is 26.3 Å². The first kappa shape index (κ1) is 16.7. The molecule has 0 bridgehead atoms. The van der Waals surface area contributed by atoms with E-state index in [0.29, 0.717) is 11.8 Å². The first-order chi connectivity index (χ1) is 11.7. The number of nitrogens with zero attached hydrogens (tertiary/aromatic N) is 1. The third-order valence-electron chi connectivity index (χ3n) is 4.48. The summed E-state index contributed by atoms with van der Waals surface area (Å²) in [5.41, 5.74) is 2.01. The molecule has 1 fully saturated rings. The fourth-order valence-corrected chi connectivity index (χ4v) is 2.90. The van der Waals surface area contributed by atoms with E-state index in [4.69, 9.17) is 9.15 Å². The van der Waals surface area contributed by atoms with Gasteiger partial charge in [0.1, 0.15) is 5.76 Å². The van der Waals surface area contributed by atoms with Crippen LogP contribution in [-0.4, -0.2) is 37.1 Å². The van der Waals surface area contributed by atoms with Gasteiger partial charge in [-0.1, -0.05) is 19.1 Å². The lowest BCUT2D eigenvalue weighted by Crippen LogP contribution is -2.37. The summed E-state index contributed by atoms with van der Waals surface area (Å²) in [5.74, 6) is 0.941. The summed E-state index contributed by atoms with van der Waals surface area (Å²) < 4.78 is 10.9. The normalized spacial score (nSPS) is 16.8. The fraction of sp³-hybridized carbons (Fsp3) is 0.421. The SMILES string of the molecule is CCc1ccc(C(=O)Nc2ccc([C@@H](C)N3CCOCC3)cc2)o1.